The van der Waals surface area contributed by atoms with E-state index in [-0.39, 0.29) is 43.0 Å². The van der Waals surface area contributed by atoms with Crippen molar-refractivity contribution in [3.63, 3.8) is 0 Å². The van der Waals surface area contributed by atoms with Gasteiger partial charge >= 0.3 is 11.9 Å². The Morgan fingerprint density at radius 2 is 1.62 bits per heavy atom. The number of hydrogen-bond acceptors (Lipinski definition) is 6. The molecule has 1 saturated heterocycles. The van der Waals surface area contributed by atoms with Crippen molar-refractivity contribution in [3.05, 3.63) is 35.4 Å². The fourth-order valence-corrected chi connectivity index (χ4v) is 3.73. The number of carbonyl (C=O) groups excluding carboxylic acids is 4. The highest BCUT2D eigenvalue weighted by Gasteiger charge is 2.28. The molecular weight excluding hydrogens is 410 g/mol. The Kier molecular flexibility index (Phi) is 10.9. The number of ketones is 1. The third-order valence-corrected chi connectivity index (χ3v) is 5.73. The molecule has 0 spiro atoms. The average Bonchev–Trinajstić information content (AvgIpc) is 2.81. The van der Waals surface area contributed by atoms with Crippen LogP contribution in [0.5, 0.6) is 0 Å². The number of hydrogen-bond donors (Lipinski definition) is 0. The first kappa shape index (κ1) is 25.6. The topological polar surface area (TPSA) is 90.0 Å². The molecule has 1 amide bonds. The zero-order chi connectivity index (χ0) is 23.3. The predicted octanol–water partition coefficient (Wildman–Crippen LogP) is 3.73. The minimum Gasteiger partial charge on any atom is -0.466 e. The van der Waals surface area contributed by atoms with Crippen molar-refractivity contribution in [2.75, 3.05) is 26.3 Å². The Labute approximate surface area is 190 Å². The highest BCUT2D eigenvalue weighted by molar-refractivity contribution is 5.97. The van der Waals surface area contributed by atoms with Crippen molar-refractivity contribution < 1.29 is 28.7 Å². The van der Waals surface area contributed by atoms with Crippen molar-refractivity contribution >= 4 is 23.6 Å². The SMILES string of the molecule is CCCCCc1ccc(C(=O)CCC(=O)OCC(=O)N2CCC(C(=O)OCC)CC2)cc1. The lowest BCUT2D eigenvalue weighted by Crippen LogP contribution is -2.42. The summed E-state index contributed by atoms with van der Waals surface area (Å²) in [4.78, 5) is 49.9. The van der Waals surface area contributed by atoms with Gasteiger partial charge in [0.05, 0.1) is 18.9 Å². The molecule has 1 heterocycles. The average molecular weight is 446 g/mol. The number of amides is 1. The monoisotopic (exact) mass is 445 g/mol. The van der Waals surface area contributed by atoms with Crippen LogP contribution in [0.2, 0.25) is 0 Å². The third kappa shape index (κ3) is 8.44. The van der Waals surface area contributed by atoms with Gasteiger partial charge < -0.3 is 14.4 Å². The van der Waals surface area contributed by atoms with Crippen LogP contribution in [0.4, 0.5) is 0 Å². The number of ether oxygens (including phenoxy) is 2. The summed E-state index contributed by atoms with van der Waals surface area (Å²) in [5, 5.41) is 0. The number of piperidine rings is 1. The summed E-state index contributed by atoms with van der Waals surface area (Å²) in [6.45, 7) is 4.81. The second kappa shape index (κ2) is 13.7. The molecule has 1 aromatic rings. The molecule has 0 saturated carbocycles. The van der Waals surface area contributed by atoms with E-state index >= 15 is 0 Å². The summed E-state index contributed by atoms with van der Waals surface area (Å²) >= 11 is 0. The van der Waals surface area contributed by atoms with Crippen LogP contribution in [0.3, 0.4) is 0 Å². The number of likely N-dealkylation sites (tertiary alicyclic amines) is 1. The highest BCUT2D eigenvalue weighted by Crippen LogP contribution is 2.19. The fourth-order valence-electron chi connectivity index (χ4n) is 3.73. The number of benzene rings is 1. The first-order valence-electron chi connectivity index (χ1n) is 11.7. The zero-order valence-corrected chi connectivity index (χ0v) is 19.3. The molecule has 2 rings (SSSR count). The molecule has 0 aromatic heterocycles. The molecule has 7 nitrogen and oxygen atoms in total. The number of nitrogens with zero attached hydrogens (tertiary/aromatic N) is 1. The number of Topliss-reactive ketones (excluding diaryl/α,β-unsaturated/α-hetero) is 1. The smallest absolute Gasteiger partial charge is 0.309 e. The van der Waals surface area contributed by atoms with Gasteiger partial charge in [-0.3, -0.25) is 19.2 Å². The Bertz CT molecular complexity index is 765. The number of unbranched alkanes of at least 4 members (excludes halogenated alkanes) is 2. The van der Waals surface area contributed by atoms with Crippen LogP contribution < -0.4 is 0 Å². The summed E-state index contributed by atoms with van der Waals surface area (Å²) in [5.74, 6) is -1.37. The van der Waals surface area contributed by atoms with Gasteiger partial charge in [-0.05, 0) is 38.2 Å². The number of esters is 2. The van der Waals surface area contributed by atoms with Crippen molar-refractivity contribution in [1.29, 1.82) is 0 Å². The minimum atomic E-state index is -0.565. The molecule has 0 radical (unpaired) electrons. The summed E-state index contributed by atoms with van der Waals surface area (Å²) in [5.41, 5.74) is 1.79. The van der Waals surface area contributed by atoms with Gasteiger partial charge in [-0.2, -0.15) is 0 Å². The van der Waals surface area contributed by atoms with Crippen LogP contribution in [-0.4, -0.2) is 54.8 Å². The van der Waals surface area contributed by atoms with Gasteiger partial charge in [0.15, 0.2) is 12.4 Å². The predicted molar refractivity (Wildman–Crippen MR) is 120 cm³/mol. The normalized spacial score (nSPS) is 14.1. The lowest BCUT2D eigenvalue weighted by Gasteiger charge is -2.30. The molecule has 1 aliphatic rings. The van der Waals surface area contributed by atoms with Crippen molar-refractivity contribution in [2.45, 2.75) is 65.2 Å². The van der Waals surface area contributed by atoms with E-state index in [1.54, 1.807) is 24.0 Å². The quantitative estimate of drug-likeness (QED) is 0.277. The molecule has 7 heteroatoms. The van der Waals surface area contributed by atoms with Gasteiger partial charge in [-0.1, -0.05) is 44.0 Å². The maximum Gasteiger partial charge on any atom is 0.309 e. The summed E-state index contributed by atoms with van der Waals surface area (Å²) in [6.07, 6.45) is 5.58. The van der Waals surface area contributed by atoms with E-state index in [0.29, 0.717) is 38.1 Å². The molecule has 0 unspecified atom stereocenters. The maximum atomic E-state index is 12.3. The molecule has 0 bridgehead atoms. The van der Waals surface area contributed by atoms with Crippen molar-refractivity contribution in [2.24, 2.45) is 5.92 Å². The summed E-state index contributed by atoms with van der Waals surface area (Å²) in [7, 11) is 0. The molecule has 0 N–H and O–H groups in total. The van der Waals surface area contributed by atoms with Crippen LogP contribution in [-0.2, 0) is 30.3 Å². The Morgan fingerprint density at radius 1 is 0.938 bits per heavy atom. The number of rotatable bonds is 12. The van der Waals surface area contributed by atoms with E-state index in [0.717, 1.165) is 12.8 Å². The van der Waals surface area contributed by atoms with E-state index in [9.17, 15) is 19.2 Å². The molecular formula is C25H35NO6. The number of carbonyl (C=O) groups is 4. The van der Waals surface area contributed by atoms with Gasteiger partial charge in [0.2, 0.25) is 0 Å². The lowest BCUT2D eigenvalue weighted by molar-refractivity contribution is -0.154. The molecule has 1 aliphatic heterocycles. The third-order valence-electron chi connectivity index (χ3n) is 5.73. The molecule has 32 heavy (non-hydrogen) atoms. The molecule has 1 aromatic carbocycles. The Hall–Kier alpha value is -2.70. The zero-order valence-electron chi connectivity index (χ0n) is 19.3. The summed E-state index contributed by atoms with van der Waals surface area (Å²) in [6, 6.07) is 7.53. The second-order valence-corrected chi connectivity index (χ2v) is 8.14. The van der Waals surface area contributed by atoms with Crippen LogP contribution in [0.25, 0.3) is 0 Å². The molecule has 0 atom stereocenters. The van der Waals surface area contributed by atoms with Crippen LogP contribution >= 0.6 is 0 Å². The van der Waals surface area contributed by atoms with E-state index in [1.165, 1.54) is 18.4 Å². The molecule has 0 aliphatic carbocycles. The number of aryl methyl sites for hydroxylation is 1. The first-order valence-corrected chi connectivity index (χ1v) is 11.7. The molecule has 176 valence electrons. The fraction of sp³-hybridized carbons (Fsp3) is 0.600. The largest absolute Gasteiger partial charge is 0.466 e. The van der Waals surface area contributed by atoms with Crippen LogP contribution in [0, 0.1) is 5.92 Å². The first-order chi connectivity index (χ1) is 15.4. The van der Waals surface area contributed by atoms with E-state index in [1.807, 2.05) is 12.1 Å². The van der Waals surface area contributed by atoms with Crippen LogP contribution in [0.1, 0.15) is 74.7 Å². The Balaban J connectivity index is 1.66. The second-order valence-electron chi connectivity index (χ2n) is 8.14. The lowest BCUT2D eigenvalue weighted by atomic mass is 9.97. The minimum absolute atomic E-state index is 0.0487. The summed E-state index contributed by atoms with van der Waals surface area (Å²) < 4.78 is 10.1. The highest BCUT2D eigenvalue weighted by atomic mass is 16.5. The molecule has 1 fully saturated rings. The van der Waals surface area contributed by atoms with Gasteiger partial charge in [0.25, 0.3) is 5.91 Å². The van der Waals surface area contributed by atoms with Gasteiger partial charge in [0.1, 0.15) is 0 Å². The van der Waals surface area contributed by atoms with E-state index < -0.39 is 5.97 Å². The van der Waals surface area contributed by atoms with E-state index in [4.69, 9.17) is 9.47 Å². The van der Waals surface area contributed by atoms with Crippen molar-refractivity contribution in [1.82, 2.24) is 4.90 Å². The maximum absolute atomic E-state index is 12.3. The van der Waals surface area contributed by atoms with Gasteiger partial charge in [-0.25, -0.2) is 0 Å². The van der Waals surface area contributed by atoms with Gasteiger partial charge in [0, 0.05) is 25.1 Å². The van der Waals surface area contributed by atoms with Crippen LogP contribution in [0.15, 0.2) is 24.3 Å². The van der Waals surface area contributed by atoms with Crippen molar-refractivity contribution in [3.8, 4) is 0 Å². The van der Waals surface area contributed by atoms with E-state index in [2.05, 4.69) is 6.92 Å². The standard InChI is InChI=1S/C25H35NO6/c1-3-5-6-7-19-8-10-20(11-9-19)22(27)12-13-24(29)32-18-23(28)26-16-14-21(15-17-26)25(30)31-4-2/h8-11,21H,3-7,12-18H2,1-2H3. The van der Waals surface area contributed by atoms with Gasteiger partial charge in [-0.15, -0.1) is 0 Å². The Morgan fingerprint density at radius 3 is 2.25 bits per heavy atom.